The first-order chi connectivity index (χ1) is 18.7. The van der Waals surface area contributed by atoms with Gasteiger partial charge in [0.1, 0.15) is 16.7 Å². The summed E-state index contributed by atoms with van der Waals surface area (Å²) in [7, 11) is -2.18. The zero-order valence-corrected chi connectivity index (χ0v) is 23.9. The van der Waals surface area contributed by atoms with E-state index in [2.05, 4.69) is 5.32 Å². The molecule has 2 aliphatic rings. The number of hydrogen-bond acceptors (Lipinski definition) is 5. The molecule has 212 valence electrons. The second-order valence-corrected chi connectivity index (χ2v) is 12.7. The minimum atomic E-state index is -3.93. The van der Waals surface area contributed by atoms with Crippen LogP contribution in [0.25, 0.3) is 12.2 Å². The van der Waals surface area contributed by atoms with Gasteiger partial charge >= 0.3 is 6.03 Å². The molecule has 1 aliphatic carbocycles. The van der Waals surface area contributed by atoms with Crippen molar-refractivity contribution in [2.75, 3.05) is 26.7 Å². The predicted molar refractivity (Wildman–Crippen MR) is 154 cm³/mol. The van der Waals surface area contributed by atoms with E-state index in [4.69, 9.17) is 4.74 Å². The summed E-state index contributed by atoms with van der Waals surface area (Å²) in [5.41, 5.74) is 1.82. The van der Waals surface area contributed by atoms with Crippen LogP contribution in [0.5, 0.6) is 5.75 Å². The molecule has 9 heteroatoms. The van der Waals surface area contributed by atoms with Crippen molar-refractivity contribution in [2.45, 2.75) is 69.0 Å². The first kappa shape index (κ1) is 29.1. The summed E-state index contributed by atoms with van der Waals surface area (Å²) >= 11 is 0. The first-order valence-electron chi connectivity index (χ1n) is 13.9. The molecule has 1 heterocycles. The number of fused-ring (bicyclic) bond motifs is 1. The molecule has 1 saturated carbocycles. The second-order valence-electron chi connectivity index (χ2n) is 10.9. The van der Waals surface area contributed by atoms with Crippen LogP contribution in [0.15, 0.2) is 53.4 Å². The quantitative estimate of drug-likeness (QED) is 0.487. The van der Waals surface area contributed by atoms with Crippen molar-refractivity contribution in [3.05, 3.63) is 59.7 Å². The largest absolute Gasteiger partial charge is 0.487 e. The molecule has 8 nitrogen and oxygen atoms in total. The summed E-state index contributed by atoms with van der Waals surface area (Å²) in [5, 5.41) is 13.0. The Bertz CT molecular complexity index is 1240. The summed E-state index contributed by atoms with van der Waals surface area (Å²) < 4.78 is 35.2. The van der Waals surface area contributed by atoms with Crippen LogP contribution in [0.2, 0.25) is 0 Å². The van der Waals surface area contributed by atoms with Crippen molar-refractivity contribution in [1.82, 2.24) is 14.5 Å². The Labute approximate surface area is 232 Å². The molecular weight excluding hydrogens is 514 g/mol. The molecule has 2 aromatic carbocycles. The lowest BCUT2D eigenvalue weighted by Crippen LogP contribution is -2.52. The summed E-state index contributed by atoms with van der Waals surface area (Å²) in [4.78, 5) is 14.7. The van der Waals surface area contributed by atoms with Gasteiger partial charge in [0.05, 0.1) is 13.2 Å². The van der Waals surface area contributed by atoms with Gasteiger partial charge in [-0.3, -0.25) is 0 Å². The molecule has 3 atom stereocenters. The van der Waals surface area contributed by atoms with Crippen molar-refractivity contribution >= 4 is 28.2 Å². The Morgan fingerprint density at radius 2 is 1.82 bits per heavy atom. The van der Waals surface area contributed by atoms with Crippen LogP contribution in [-0.4, -0.2) is 73.7 Å². The number of hydrogen-bond donors (Lipinski definition) is 2. The van der Waals surface area contributed by atoms with Crippen LogP contribution in [0.4, 0.5) is 4.79 Å². The predicted octanol–water partition coefficient (Wildman–Crippen LogP) is 4.60. The zero-order chi connectivity index (χ0) is 28.0. The lowest BCUT2D eigenvalue weighted by atomic mass is 9.96. The van der Waals surface area contributed by atoms with E-state index >= 15 is 0 Å². The summed E-state index contributed by atoms with van der Waals surface area (Å²) in [6.45, 7) is 3.79. The van der Waals surface area contributed by atoms with Gasteiger partial charge in [0, 0.05) is 31.6 Å². The van der Waals surface area contributed by atoms with E-state index < -0.39 is 22.2 Å². The van der Waals surface area contributed by atoms with Gasteiger partial charge in [-0.05, 0) is 43.0 Å². The number of rotatable bonds is 7. The zero-order valence-electron chi connectivity index (χ0n) is 23.1. The van der Waals surface area contributed by atoms with Gasteiger partial charge in [-0.1, -0.05) is 74.7 Å². The number of nitrogens with zero attached hydrogens (tertiary/aromatic N) is 2. The minimum Gasteiger partial charge on any atom is -0.487 e. The molecule has 0 spiro atoms. The molecular formula is C30H41N3O5S. The highest BCUT2D eigenvalue weighted by atomic mass is 32.2. The maximum Gasteiger partial charge on any atom is 0.317 e. The van der Waals surface area contributed by atoms with E-state index in [1.165, 1.54) is 10.7 Å². The maximum atomic E-state index is 13.7. The number of benzene rings is 2. The van der Waals surface area contributed by atoms with E-state index in [1.54, 1.807) is 37.1 Å². The number of carbonyl (C=O) groups excluding carboxylic acids is 1. The highest BCUT2D eigenvalue weighted by Crippen LogP contribution is 2.34. The highest BCUT2D eigenvalue weighted by molar-refractivity contribution is 7.89. The van der Waals surface area contributed by atoms with Crippen LogP contribution in [0, 0.1) is 5.92 Å². The van der Waals surface area contributed by atoms with Gasteiger partial charge in [-0.2, -0.15) is 4.31 Å². The van der Waals surface area contributed by atoms with Gasteiger partial charge in [-0.25, -0.2) is 13.2 Å². The van der Waals surface area contributed by atoms with Crippen LogP contribution in [0.3, 0.4) is 0 Å². The lowest BCUT2D eigenvalue weighted by molar-refractivity contribution is 0.0806. The lowest BCUT2D eigenvalue weighted by Gasteiger charge is -2.37. The topological polar surface area (TPSA) is 99.2 Å². The second kappa shape index (κ2) is 13.0. The van der Waals surface area contributed by atoms with Crippen LogP contribution >= 0.6 is 0 Å². The normalized spacial score (nSPS) is 22.8. The summed E-state index contributed by atoms with van der Waals surface area (Å²) in [6, 6.07) is 14.4. The van der Waals surface area contributed by atoms with E-state index in [0.29, 0.717) is 6.54 Å². The third-order valence-electron chi connectivity index (χ3n) is 7.69. The number of likely N-dealkylation sites (N-methyl/N-ethyl adjacent to an activating group) is 1. The molecule has 39 heavy (non-hydrogen) atoms. The van der Waals surface area contributed by atoms with E-state index in [9.17, 15) is 18.3 Å². The summed E-state index contributed by atoms with van der Waals surface area (Å²) in [5.74, 6) is 0.00774. The molecule has 0 saturated heterocycles. The number of aliphatic hydroxyl groups excluding tert-OH is 1. The fraction of sp³-hybridized carbons (Fsp3) is 0.500. The van der Waals surface area contributed by atoms with Crippen molar-refractivity contribution in [2.24, 2.45) is 5.92 Å². The van der Waals surface area contributed by atoms with Crippen molar-refractivity contribution in [3.8, 4) is 5.75 Å². The minimum absolute atomic E-state index is 0.0610. The van der Waals surface area contributed by atoms with Crippen molar-refractivity contribution in [1.29, 1.82) is 0 Å². The molecule has 2 aromatic rings. The van der Waals surface area contributed by atoms with Crippen LogP contribution < -0.4 is 10.1 Å². The Morgan fingerprint density at radius 1 is 1.13 bits per heavy atom. The Morgan fingerprint density at radius 3 is 2.51 bits per heavy atom. The smallest absolute Gasteiger partial charge is 0.317 e. The highest BCUT2D eigenvalue weighted by Gasteiger charge is 2.38. The standard InChI is InChI=1S/C30H41N3O5S/c1-22-19-33(23(2)21-34)39(36,37)29-17-16-25(15-14-24-10-6-4-7-11-24)18-27(29)38-28(22)20-32(3)30(35)31-26-12-8-5-9-13-26/h4,6-7,10-11,14-18,22-23,26,28,34H,5,8-9,12-13,19-21H2,1-3H3,(H,31,35)/b15-14+/t22-,23+,28-/m1/s1. The molecule has 2 N–H and O–H groups in total. The molecule has 0 aromatic heterocycles. The van der Waals surface area contributed by atoms with E-state index in [1.807, 2.05) is 49.4 Å². The van der Waals surface area contributed by atoms with Crippen molar-refractivity contribution in [3.63, 3.8) is 0 Å². The number of amides is 2. The van der Waals surface area contributed by atoms with Gasteiger partial charge in [-0.15, -0.1) is 0 Å². The molecule has 4 rings (SSSR count). The molecule has 1 fully saturated rings. The van der Waals surface area contributed by atoms with E-state index in [0.717, 1.165) is 36.8 Å². The summed E-state index contributed by atoms with van der Waals surface area (Å²) in [6.07, 6.45) is 8.88. The Hall–Kier alpha value is -2.88. The third kappa shape index (κ3) is 7.21. The van der Waals surface area contributed by atoms with Crippen LogP contribution in [-0.2, 0) is 10.0 Å². The van der Waals surface area contributed by atoms with Crippen LogP contribution in [0.1, 0.15) is 57.1 Å². The van der Waals surface area contributed by atoms with Gasteiger partial charge in [0.15, 0.2) is 0 Å². The van der Waals surface area contributed by atoms with Gasteiger partial charge in [0.2, 0.25) is 10.0 Å². The number of nitrogens with one attached hydrogen (secondary N) is 1. The molecule has 0 unspecified atom stereocenters. The monoisotopic (exact) mass is 555 g/mol. The van der Waals surface area contributed by atoms with Gasteiger partial charge < -0.3 is 20.1 Å². The first-order valence-corrected chi connectivity index (χ1v) is 15.3. The third-order valence-corrected chi connectivity index (χ3v) is 9.71. The Kier molecular flexibility index (Phi) is 9.69. The van der Waals surface area contributed by atoms with E-state index in [-0.39, 0.29) is 41.8 Å². The fourth-order valence-corrected chi connectivity index (χ4v) is 7.03. The fourth-order valence-electron chi connectivity index (χ4n) is 5.20. The average molecular weight is 556 g/mol. The average Bonchev–Trinajstić information content (AvgIpc) is 2.94. The SMILES string of the molecule is C[C@@H]1CN([C@@H](C)CO)S(=O)(=O)c2ccc(/C=C/c3ccccc3)cc2O[C@@H]1CN(C)C(=O)NC1CCCCC1. The molecule has 0 bridgehead atoms. The number of aliphatic hydroxyl groups is 1. The maximum absolute atomic E-state index is 13.7. The number of sulfonamides is 1. The van der Waals surface area contributed by atoms with Gasteiger partial charge in [0.25, 0.3) is 0 Å². The molecule has 1 aliphatic heterocycles. The van der Waals surface area contributed by atoms with Crippen molar-refractivity contribution < 1.29 is 23.1 Å². The molecule has 2 amide bonds. The Balaban J connectivity index is 1.62. The number of carbonyl (C=O) groups is 1. The number of urea groups is 1. The molecule has 0 radical (unpaired) electrons. The number of ether oxygens (including phenoxy) is 1.